The number of hydrogen-bond acceptors (Lipinski definition) is 8. The van der Waals surface area contributed by atoms with Gasteiger partial charge in [-0.3, -0.25) is 14.3 Å². The summed E-state index contributed by atoms with van der Waals surface area (Å²) in [5.41, 5.74) is 0.806. The van der Waals surface area contributed by atoms with Gasteiger partial charge in [0.25, 0.3) is 5.56 Å². The first-order valence-electron chi connectivity index (χ1n) is 9.89. The second-order valence-electron chi connectivity index (χ2n) is 6.87. The van der Waals surface area contributed by atoms with Crippen LogP contribution in [0.3, 0.4) is 0 Å². The Balaban J connectivity index is 2.25. The minimum atomic E-state index is -0.693. The van der Waals surface area contributed by atoms with Crippen LogP contribution >= 0.6 is 0 Å². The van der Waals surface area contributed by atoms with Crippen molar-refractivity contribution in [3.8, 4) is 34.3 Å². The number of aromatic nitrogens is 3. The second kappa shape index (κ2) is 8.99. The summed E-state index contributed by atoms with van der Waals surface area (Å²) in [6.45, 7) is 0. The molecular formula is C24H21N3O6. The van der Waals surface area contributed by atoms with Crippen LogP contribution in [-0.4, -0.2) is 48.9 Å². The summed E-state index contributed by atoms with van der Waals surface area (Å²) in [6, 6.07) is 11.9. The number of para-hydroxylation sites is 1. The number of pyridine rings is 1. The zero-order chi connectivity index (χ0) is 23.5. The highest BCUT2D eigenvalue weighted by Gasteiger charge is 2.29. The van der Waals surface area contributed by atoms with Crippen molar-refractivity contribution >= 4 is 16.9 Å². The Kier molecular flexibility index (Phi) is 5.95. The number of esters is 1. The fourth-order valence-electron chi connectivity index (χ4n) is 3.66. The van der Waals surface area contributed by atoms with Gasteiger partial charge in [0.15, 0.2) is 11.5 Å². The van der Waals surface area contributed by atoms with Crippen LogP contribution in [0.2, 0.25) is 0 Å². The molecule has 0 aliphatic carbocycles. The first kappa shape index (κ1) is 21.8. The molecule has 0 saturated carbocycles. The van der Waals surface area contributed by atoms with Gasteiger partial charge in [-0.15, -0.1) is 0 Å². The molecule has 2 aromatic carbocycles. The summed E-state index contributed by atoms with van der Waals surface area (Å²) in [7, 11) is 5.53. The number of benzene rings is 2. The third-order valence-corrected chi connectivity index (χ3v) is 5.13. The zero-order valence-electron chi connectivity index (χ0n) is 18.5. The number of carbonyl (C=O) groups excluding carboxylic acids is 1. The monoisotopic (exact) mass is 447 g/mol. The molecule has 0 bridgehead atoms. The van der Waals surface area contributed by atoms with Crippen molar-refractivity contribution in [3.05, 3.63) is 70.8 Å². The van der Waals surface area contributed by atoms with Crippen LogP contribution in [0.5, 0.6) is 17.2 Å². The Morgan fingerprint density at radius 2 is 1.70 bits per heavy atom. The normalized spacial score (nSPS) is 10.7. The van der Waals surface area contributed by atoms with Gasteiger partial charge in [0.2, 0.25) is 5.75 Å². The van der Waals surface area contributed by atoms with Crippen LogP contribution in [0.25, 0.3) is 28.0 Å². The number of methoxy groups -OCH3 is 4. The smallest absolute Gasteiger partial charge is 0.340 e. The molecule has 9 nitrogen and oxygen atoms in total. The molecule has 0 amide bonds. The van der Waals surface area contributed by atoms with Crippen molar-refractivity contribution in [2.45, 2.75) is 0 Å². The van der Waals surface area contributed by atoms with Crippen molar-refractivity contribution < 1.29 is 23.7 Å². The molecule has 0 saturated heterocycles. The number of nitrogens with zero attached hydrogens (tertiary/aromatic N) is 3. The van der Waals surface area contributed by atoms with Crippen LogP contribution in [0.4, 0.5) is 0 Å². The highest BCUT2D eigenvalue weighted by molar-refractivity contribution is 5.97. The maximum absolute atomic E-state index is 13.8. The van der Waals surface area contributed by atoms with Gasteiger partial charge in [-0.1, -0.05) is 12.1 Å². The van der Waals surface area contributed by atoms with Crippen LogP contribution in [0.1, 0.15) is 10.4 Å². The third kappa shape index (κ3) is 3.63. The number of carbonyl (C=O) groups is 1. The van der Waals surface area contributed by atoms with Gasteiger partial charge in [0, 0.05) is 24.0 Å². The topological polar surface area (TPSA) is 102 Å². The van der Waals surface area contributed by atoms with Gasteiger partial charge in [0.1, 0.15) is 11.5 Å². The number of hydrogen-bond donors (Lipinski definition) is 0. The molecule has 2 heterocycles. The van der Waals surface area contributed by atoms with Gasteiger partial charge >= 0.3 is 5.97 Å². The standard InChI is InChI=1S/C24H21N3O6/c1-30-18-12-16(24(29)33-4)19(21(32-3)20(18)31-2)27-22(14-8-7-11-25-13-14)26-17-10-6-5-9-15(17)23(27)28/h5-13H,1-4H3. The van der Waals surface area contributed by atoms with Gasteiger partial charge in [-0.05, 0) is 24.3 Å². The first-order valence-corrected chi connectivity index (χ1v) is 9.89. The maximum Gasteiger partial charge on any atom is 0.340 e. The molecule has 33 heavy (non-hydrogen) atoms. The molecule has 0 aliphatic heterocycles. The number of ether oxygens (including phenoxy) is 4. The van der Waals surface area contributed by atoms with E-state index in [1.165, 1.54) is 39.1 Å². The Bertz CT molecular complexity index is 1400. The van der Waals surface area contributed by atoms with E-state index in [4.69, 9.17) is 23.9 Å². The van der Waals surface area contributed by atoms with Crippen molar-refractivity contribution in [1.82, 2.24) is 14.5 Å². The van der Waals surface area contributed by atoms with Crippen molar-refractivity contribution in [2.24, 2.45) is 0 Å². The lowest BCUT2D eigenvalue weighted by Gasteiger charge is -2.22. The fourth-order valence-corrected chi connectivity index (χ4v) is 3.66. The third-order valence-electron chi connectivity index (χ3n) is 5.13. The summed E-state index contributed by atoms with van der Waals surface area (Å²) >= 11 is 0. The molecule has 0 fully saturated rings. The Hall–Kier alpha value is -4.40. The summed E-state index contributed by atoms with van der Waals surface area (Å²) in [5, 5.41) is 0.359. The molecule has 0 atom stereocenters. The van der Waals surface area contributed by atoms with E-state index in [1.807, 2.05) is 0 Å². The lowest BCUT2D eigenvalue weighted by atomic mass is 10.1. The van der Waals surface area contributed by atoms with Crippen molar-refractivity contribution in [2.75, 3.05) is 28.4 Å². The highest BCUT2D eigenvalue weighted by atomic mass is 16.5. The molecule has 9 heteroatoms. The lowest BCUT2D eigenvalue weighted by Crippen LogP contribution is -2.25. The highest BCUT2D eigenvalue weighted by Crippen LogP contribution is 2.44. The Labute approximate surface area is 189 Å². The quantitative estimate of drug-likeness (QED) is 0.415. The van der Waals surface area contributed by atoms with E-state index >= 15 is 0 Å². The van der Waals surface area contributed by atoms with Gasteiger partial charge in [-0.25, -0.2) is 9.78 Å². The molecule has 2 aromatic heterocycles. The summed E-state index contributed by atoms with van der Waals surface area (Å²) in [6.07, 6.45) is 3.20. The van der Waals surface area contributed by atoms with E-state index in [2.05, 4.69) is 4.98 Å². The molecule has 0 aliphatic rings. The second-order valence-corrected chi connectivity index (χ2v) is 6.87. The van der Waals surface area contributed by atoms with Gasteiger partial charge in [-0.2, -0.15) is 0 Å². The zero-order valence-corrected chi connectivity index (χ0v) is 18.5. The molecular weight excluding hydrogens is 426 g/mol. The van der Waals surface area contributed by atoms with Crippen LogP contribution in [0, 0.1) is 0 Å². The predicted molar refractivity (Wildman–Crippen MR) is 122 cm³/mol. The largest absolute Gasteiger partial charge is 0.493 e. The van der Waals surface area contributed by atoms with E-state index in [-0.39, 0.29) is 34.3 Å². The average Bonchev–Trinajstić information content (AvgIpc) is 2.87. The number of rotatable bonds is 6. The molecule has 0 N–H and O–H groups in total. The molecule has 0 radical (unpaired) electrons. The van der Waals surface area contributed by atoms with E-state index in [9.17, 15) is 9.59 Å². The Morgan fingerprint density at radius 3 is 2.33 bits per heavy atom. The van der Waals surface area contributed by atoms with Gasteiger partial charge in [0.05, 0.1) is 44.9 Å². The van der Waals surface area contributed by atoms with E-state index in [0.717, 1.165) is 0 Å². The van der Waals surface area contributed by atoms with Crippen molar-refractivity contribution in [1.29, 1.82) is 0 Å². The molecule has 0 unspecified atom stereocenters. The first-order chi connectivity index (χ1) is 16.0. The summed E-state index contributed by atoms with van der Waals surface area (Å²) in [5.74, 6) is 0.133. The summed E-state index contributed by atoms with van der Waals surface area (Å²) < 4.78 is 22.9. The minimum Gasteiger partial charge on any atom is -0.493 e. The predicted octanol–water partition coefficient (Wildman–Crippen LogP) is 3.26. The van der Waals surface area contributed by atoms with Crippen LogP contribution in [-0.2, 0) is 4.74 Å². The summed E-state index contributed by atoms with van der Waals surface area (Å²) in [4.78, 5) is 35.6. The maximum atomic E-state index is 13.8. The minimum absolute atomic E-state index is 0.0383. The lowest BCUT2D eigenvalue weighted by molar-refractivity contribution is 0.0600. The Morgan fingerprint density at radius 1 is 0.939 bits per heavy atom. The fraction of sp³-hybridized carbons (Fsp3) is 0.167. The van der Waals surface area contributed by atoms with Gasteiger partial charge < -0.3 is 18.9 Å². The molecule has 168 valence electrons. The van der Waals surface area contributed by atoms with Crippen molar-refractivity contribution in [3.63, 3.8) is 0 Å². The molecule has 4 rings (SSSR count). The van der Waals surface area contributed by atoms with E-state index < -0.39 is 11.5 Å². The van der Waals surface area contributed by atoms with E-state index in [0.29, 0.717) is 16.5 Å². The molecule has 4 aromatic rings. The molecule has 0 spiro atoms. The average molecular weight is 447 g/mol. The van der Waals surface area contributed by atoms with Crippen LogP contribution in [0.15, 0.2) is 59.7 Å². The number of fused-ring (bicyclic) bond motifs is 1. The SMILES string of the molecule is COC(=O)c1cc(OC)c(OC)c(OC)c1-n1c(-c2cccnc2)nc2ccccc2c1=O. The van der Waals surface area contributed by atoms with Crippen LogP contribution < -0.4 is 19.8 Å². The van der Waals surface area contributed by atoms with E-state index in [1.54, 1.807) is 48.8 Å².